The molecule has 0 N–H and O–H groups in total. The minimum absolute atomic E-state index is 0.0658. The van der Waals surface area contributed by atoms with Crippen LogP contribution in [0.4, 0.5) is 9.59 Å². The predicted molar refractivity (Wildman–Crippen MR) is 182 cm³/mol. The zero-order valence-corrected chi connectivity index (χ0v) is 27.6. The molecule has 0 heterocycles. The molecule has 0 saturated heterocycles. The quantitative estimate of drug-likeness (QED) is 0.0806. The number of esters is 2. The monoisotopic (exact) mass is 674 g/mol. The number of carbonyl (C=O) groups excluding carboxylic acids is 4. The first-order valence-electron chi connectivity index (χ1n) is 15.6. The molecule has 254 valence electrons. The van der Waals surface area contributed by atoms with Gasteiger partial charge in [-0.2, -0.15) is 0 Å². The summed E-state index contributed by atoms with van der Waals surface area (Å²) in [5, 5.41) is 0. The number of hydrogen-bond acceptors (Lipinski definition) is 10. The third-order valence-corrected chi connectivity index (χ3v) is 7.15. The smallest absolute Gasteiger partial charge is 0.429 e. The van der Waals surface area contributed by atoms with Crippen LogP contribution < -0.4 is 18.9 Å². The fraction of sp³-hybridized carbons (Fsp3) is 0.150. The van der Waals surface area contributed by atoms with Crippen LogP contribution in [-0.4, -0.2) is 24.2 Å². The van der Waals surface area contributed by atoms with Crippen molar-refractivity contribution in [3.8, 4) is 23.0 Å². The third kappa shape index (κ3) is 10.0. The highest BCUT2D eigenvalue weighted by atomic mass is 16.7. The maximum absolute atomic E-state index is 13.1. The number of hydrogen-bond donors (Lipinski definition) is 0. The van der Waals surface area contributed by atoms with Gasteiger partial charge >= 0.3 is 24.2 Å². The Morgan fingerprint density at radius 2 is 0.900 bits per heavy atom. The van der Waals surface area contributed by atoms with Crippen molar-refractivity contribution < 1.29 is 47.6 Å². The van der Waals surface area contributed by atoms with Gasteiger partial charge in [0.2, 0.25) is 0 Å². The van der Waals surface area contributed by atoms with Crippen molar-refractivity contribution in [2.24, 2.45) is 0 Å². The molecule has 0 aliphatic heterocycles. The molecule has 5 rings (SSSR count). The van der Waals surface area contributed by atoms with E-state index in [4.69, 9.17) is 28.4 Å². The topological polar surface area (TPSA) is 124 Å². The van der Waals surface area contributed by atoms with Crippen LogP contribution >= 0.6 is 0 Å². The van der Waals surface area contributed by atoms with Crippen LogP contribution in [0.25, 0.3) is 0 Å². The Hall–Kier alpha value is -6.42. The summed E-state index contributed by atoms with van der Waals surface area (Å²) in [4.78, 5) is 50.1. The summed E-state index contributed by atoms with van der Waals surface area (Å²) < 4.78 is 32.0. The SMILES string of the molecule is CC(C)(C)c1cc(OC(=O)c2ccc(OC(=O)OCc3ccccc3)cc2)ccc1OC(=O)c1ccc(OC(=O)OCc2ccccc2)cc1. The van der Waals surface area contributed by atoms with Gasteiger partial charge in [0, 0.05) is 5.56 Å². The summed E-state index contributed by atoms with van der Waals surface area (Å²) in [6.45, 7) is 5.92. The van der Waals surface area contributed by atoms with Gasteiger partial charge in [-0.1, -0.05) is 81.4 Å². The van der Waals surface area contributed by atoms with E-state index in [9.17, 15) is 19.2 Å². The van der Waals surface area contributed by atoms with E-state index in [0.29, 0.717) is 5.56 Å². The van der Waals surface area contributed by atoms with E-state index < -0.39 is 29.7 Å². The van der Waals surface area contributed by atoms with Crippen molar-refractivity contribution in [2.75, 3.05) is 0 Å². The molecule has 5 aromatic rings. The highest BCUT2D eigenvalue weighted by Crippen LogP contribution is 2.35. The lowest BCUT2D eigenvalue weighted by atomic mass is 9.86. The minimum Gasteiger partial charge on any atom is -0.429 e. The Labute approximate surface area is 289 Å². The predicted octanol–water partition coefficient (Wildman–Crippen LogP) is 8.85. The fourth-order valence-corrected chi connectivity index (χ4v) is 4.57. The van der Waals surface area contributed by atoms with E-state index in [1.807, 2.05) is 81.4 Å². The highest BCUT2D eigenvalue weighted by molar-refractivity contribution is 5.92. The fourth-order valence-electron chi connectivity index (χ4n) is 4.57. The van der Waals surface area contributed by atoms with Gasteiger partial charge in [-0.3, -0.25) is 0 Å². The normalized spacial score (nSPS) is 10.8. The summed E-state index contributed by atoms with van der Waals surface area (Å²) in [6.07, 6.45) is -1.75. The van der Waals surface area contributed by atoms with Crippen LogP contribution in [0.2, 0.25) is 0 Å². The van der Waals surface area contributed by atoms with Crippen molar-refractivity contribution in [2.45, 2.75) is 39.4 Å². The standard InChI is InChI=1S/C40H34O10/c1-40(2,3)34-24-33(47-36(41)29-14-18-31(19-15-29)48-38(43)45-25-27-10-6-4-7-11-27)22-23-35(34)50-37(42)30-16-20-32(21-17-30)49-39(44)46-26-28-12-8-5-9-13-28/h4-24H,25-26H2,1-3H3. The maximum Gasteiger partial charge on any atom is 0.514 e. The molecule has 0 aromatic heterocycles. The molecule has 0 aliphatic rings. The average molecular weight is 675 g/mol. The van der Waals surface area contributed by atoms with E-state index in [-0.39, 0.29) is 47.3 Å². The summed E-state index contributed by atoms with van der Waals surface area (Å²) >= 11 is 0. The second-order valence-corrected chi connectivity index (χ2v) is 12.0. The summed E-state index contributed by atoms with van der Waals surface area (Å²) in [7, 11) is 0. The van der Waals surface area contributed by atoms with Gasteiger partial charge in [-0.05, 0) is 83.3 Å². The molecule has 10 nitrogen and oxygen atoms in total. The van der Waals surface area contributed by atoms with Crippen molar-refractivity contribution in [3.63, 3.8) is 0 Å². The molecule has 0 radical (unpaired) electrons. The van der Waals surface area contributed by atoms with Crippen LogP contribution in [0.3, 0.4) is 0 Å². The molecule has 0 bridgehead atoms. The lowest BCUT2D eigenvalue weighted by Gasteiger charge is -2.23. The molecule has 0 aliphatic carbocycles. The van der Waals surface area contributed by atoms with Crippen molar-refractivity contribution in [3.05, 3.63) is 155 Å². The Balaban J connectivity index is 1.16. The Morgan fingerprint density at radius 3 is 1.34 bits per heavy atom. The first kappa shape index (κ1) is 34.9. The van der Waals surface area contributed by atoms with E-state index in [1.54, 1.807) is 12.1 Å². The molecular formula is C40H34O10. The number of ether oxygens (including phenoxy) is 6. The second-order valence-electron chi connectivity index (χ2n) is 12.0. The van der Waals surface area contributed by atoms with Gasteiger partial charge in [-0.15, -0.1) is 0 Å². The molecule has 10 heteroatoms. The van der Waals surface area contributed by atoms with Gasteiger partial charge in [0.15, 0.2) is 0 Å². The van der Waals surface area contributed by atoms with Gasteiger partial charge < -0.3 is 28.4 Å². The zero-order chi connectivity index (χ0) is 35.5. The molecule has 5 aromatic carbocycles. The largest absolute Gasteiger partial charge is 0.514 e. The molecule has 0 fully saturated rings. The first-order chi connectivity index (χ1) is 24.0. The maximum atomic E-state index is 13.1. The lowest BCUT2D eigenvalue weighted by Crippen LogP contribution is -2.17. The van der Waals surface area contributed by atoms with Crippen molar-refractivity contribution >= 4 is 24.2 Å². The molecule has 0 unspecified atom stereocenters. The zero-order valence-electron chi connectivity index (χ0n) is 27.6. The number of carbonyl (C=O) groups is 4. The summed E-state index contributed by atoms with van der Waals surface area (Å²) in [6, 6.07) is 34.8. The molecule has 0 saturated carbocycles. The Kier molecular flexibility index (Phi) is 11.3. The molecule has 0 atom stereocenters. The number of rotatable bonds is 10. The Morgan fingerprint density at radius 1 is 0.480 bits per heavy atom. The van der Waals surface area contributed by atoms with E-state index in [1.165, 1.54) is 54.6 Å². The molecule has 0 amide bonds. The van der Waals surface area contributed by atoms with Crippen LogP contribution in [0, 0.1) is 0 Å². The summed E-state index contributed by atoms with van der Waals surface area (Å²) in [5.74, 6) is -0.351. The highest BCUT2D eigenvalue weighted by Gasteiger charge is 2.23. The third-order valence-electron chi connectivity index (χ3n) is 7.15. The van der Waals surface area contributed by atoms with Crippen molar-refractivity contribution in [1.82, 2.24) is 0 Å². The first-order valence-corrected chi connectivity index (χ1v) is 15.6. The van der Waals surface area contributed by atoms with Gasteiger partial charge in [0.05, 0.1) is 11.1 Å². The van der Waals surface area contributed by atoms with E-state index >= 15 is 0 Å². The second kappa shape index (κ2) is 16.1. The molecule has 50 heavy (non-hydrogen) atoms. The van der Waals surface area contributed by atoms with Crippen LogP contribution in [0.5, 0.6) is 23.0 Å². The van der Waals surface area contributed by atoms with Gasteiger partial charge in [0.25, 0.3) is 0 Å². The minimum atomic E-state index is -0.873. The van der Waals surface area contributed by atoms with Gasteiger partial charge in [-0.25, -0.2) is 19.2 Å². The Bertz CT molecular complexity index is 1930. The average Bonchev–Trinajstić information content (AvgIpc) is 3.11. The van der Waals surface area contributed by atoms with Crippen LogP contribution in [-0.2, 0) is 28.1 Å². The molecular weight excluding hydrogens is 640 g/mol. The van der Waals surface area contributed by atoms with Crippen LogP contribution in [0.1, 0.15) is 58.2 Å². The van der Waals surface area contributed by atoms with Crippen molar-refractivity contribution in [1.29, 1.82) is 0 Å². The van der Waals surface area contributed by atoms with E-state index in [0.717, 1.165) is 11.1 Å². The van der Waals surface area contributed by atoms with E-state index in [2.05, 4.69) is 0 Å². The molecule has 0 spiro atoms. The lowest BCUT2D eigenvalue weighted by molar-refractivity contribution is 0.0716. The summed E-state index contributed by atoms with van der Waals surface area (Å²) in [5.41, 5.74) is 2.21. The van der Waals surface area contributed by atoms with Gasteiger partial charge in [0.1, 0.15) is 36.2 Å². The number of benzene rings is 5. The van der Waals surface area contributed by atoms with Crippen LogP contribution in [0.15, 0.2) is 127 Å².